The van der Waals surface area contributed by atoms with Crippen LogP contribution in [0.15, 0.2) is 24.3 Å². The van der Waals surface area contributed by atoms with Crippen molar-refractivity contribution in [2.45, 2.75) is 40.0 Å². The smallest absolute Gasteiger partial charge is 0.306 e. The molecule has 0 aromatic heterocycles. The van der Waals surface area contributed by atoms with Gasteiger partial charge in [-0.05, 0) is 43.4 Å². The molecule has 30 heavy (non-hydrogen) atoms. The molecule has 0 bridgehead atoms. The van der Waals surface area contributed by atoms with Gasteiger partial charge in [0, 0.05) is 39.3 Å². The van der Waals surface area contributed by atoms with Gasteiger partial charge in [0.2, 0.25) is 5.91 Å². The van der Waals surface area contributed by atoms with E-state index >= 15 is 0 Å². The minimum atomic E-state index is -0.917. The summed E-state index contributed by atoms with van der Waals surface area (Å²) in [6.07, 6.45) is 1.30. The minimum Gasteiger partial charge on any atom is -0.508 e. The second-order valence-corrected chi connectivity index (χ2v) is 8.83. The van der Waals surface area contributed by atoms with Gasteiger partial charge in [-0.15, -0.1) is 0 Å². The Bertz CT molecular complexity index is 672. The highest BCUT2D eigenvalue weighted by Gasteiger charge is 2.36. The van der Waals surface area contributed by atoms with Gasteiger partial charge >= 0.3 is 5.97 Å². The number of piperazine rings is 1. The first kappa shape index (κ1) is 24.2. The van der Waals surface area contributed by atoms with Crippen LogP contribution in [0.25, 0.3) is 0 Å². The van der Waals surface area contributed by atoms with Gasteiger partial charge in [0.05, 0.1) is 11.8 Å². The monoisotopic (exact) mass is 419 g/mol. The normalized spacial score (nSPS) is 16.8. The average Bonchev–Trinajstić information content (AvgIpc) is 2.70. The molecule has 7 heteroatoms. The van der Waals surface area contributed by atoms with Gasteiger partial charge in [-0.1, -0.05) is 26.0 Å². The van der Waals surface area contributed by atoms with E-state index in [1.165, 1.54) is 0 Å². The second kappa shape index (κ2) is 11.9. The molecule has 1 aromatic rings. The van der Waals surface area contributed by atoms with Gasteiger partial charge in [0.1, 0.15) is 12.4 Å². The zero-order valence-corrected chi connectivity index (χ0v) is 18.6. The predicted molar refractivity (Wildman–Crippen MR) is 117 cm³/mol. The number of amides is 1. The number of esters is 1. The van der Waals surface area contributed by atoms with Crippen molar-refractivity contribution in [3.63, 3.8) is 0 Å². The maximum absolute atomic E-state index is 13.0. The van der Waals surface area contributed by atoms with E-state index in [1.807, 2.05) is 6.92 Å². The fourth-order valence-corrected chi connectivity index (χ4v) is 3.57. The third-order valence-corrected chi connectivity index (χ3v) is 5.50. The number of hydrogen-bond donors (Lipinski definition) is 3. The Morgan fingerprint density at radius 3 is 2.53 bits per heavy atom. The molecule has 2 rings (SSSR count). The molecule has 0 radical (unpaired) electrons. The first-order valence-electron chi connectivity index (χ1n) is 10.9. The molecule has 1 aliphatic heterocycles. The highest BCUT2D eigenvalue weighted by atomic mass is 16.5. The van der Waals surface area contributed by atoms with Crippen molar-refractivity contribution in [1.29, 1.82) is 0 Å². The number of carbonyl (C=O) groups is 2. The summed E-state index contributed by atoms with van der Waals surface area (Å²) in [5.74, 6) is 0.165. The molecule has 0 spiro atoms. The van der Waals surface area contributed by atoms with Crippen molar-refractivity contribution in [3.05, 3.63) is 29.8 Å². The first-order chi connectivity index (χ1) is 14.3. The Labute approximate surface area is 180 Å². The number of phenolic OH excluding ortho intramolecular Hbond substituents is 1. The number of rotatable bonds is 11. The summed E-state index contributed by atoms with van der Waals surface area (Å²) in [7, 11) is 0. The molecule has 3 N–H and O–H groups in total. The summed E-state index contributed by atoms with van der Waals surface area (Å²) in [5, 5.41) is 15.8. The van der Waals surface area contributed by atoms with Crippen LogP contribution in [-0.2, 0) is 20.7 Å². The Hall–Kier alpha value is -2.12. The molecule has 7 nitrogen and oxygen atoms in total. The number of nitrogens with zero attached hydrogens (tertiary/aromatic N) is 1. The molecule has 168 valence electrons. The zero-order chi connectivity index (χ0) is 22.0. The largest absolute Gasteiger partial charge is 0.508 e. The number of hydrogen-bond acceptors (Lipinski definition) is 6. The van der Waals surface area contributed by atoms with Crippen molar-refractivity contribution in [2.75, 3.05) is 45.9 Å². The molecule has 0 unspecified atom stereocenters. The van der Waals surface area contributed by atoms with Crippen molar-refractivity contribution in [2.24, 2.45) is 11.3 Å². The molecule has 1 amide bonds. The average molecular weight is 420 g/mol. The molecule has 1 saturated heterocycles. The Morgan fingerprint density at radius 2 is 1.90 bits per heavy atom. The topological polar surface area (TPSA) is 90.9 Å². The standard InChI is InChI=1S/C23H37N3O4/c1-18(2)8-9-25-22(29)23(3,16-19-4-6-20(27)7-5-19)17-21(28)30-15-14-26-12-10-24-11-13-26/h4-7,18,24,27H,8-17H2,1-3H3,(H,25,29)/t23-/m1/s1. The van der Waals surface area contributed by atoms with Crippen LogP contribution < -0.4 is 10.6 Å². The lowest BCUT2D eigenvalue weighted by Gasteiger charge is -2.29. The Balaban J connectivity index is 1.95. The molecule has 1 fully saturated rings. The second-order valence-electron chi connectivity index (χ2n) is 8.83. The van der Waals surface area contributed by atoms with Gasteiger partial charge in [-0.2, -0.15) is 0 Å². The van der Waals surface area contributed by atoms with Crippen molar-refractivity contribution >= 4 is 11.9 Å². The summed E-state index contributed by atoms with van der Waals surface area (Å²) in [6.45, 7) is 11.5. The highest BCUT2D eigenvalue weighted by molar-refractivity contribution is 5.87. The SMILES string of the molecule is CC(C)CCNC(=O)[C@@](C)(CC(=O)OCCN1CCNCC1)Cc1ccc(O)cc1. The van der Waals surface area contributed by atoms with E-state index < -0.39 is 5.41 Å². The van der Waals surface area contributed by atoms with E-state index in [-0.39, 0.29) is 24.0 Å². The van der Waals surface area contributed by atoms with Crippen LogP contribution in [0.3, 0.4) is 0 Å². The highest BCUT2D eigenvalue weighted by Crippen LogP contribution is 2.29. The summed E-state index contributed by atoms with van der Waals surface area (Å²) < 4.78 is 5.47. The number of phenols is 1. The number of ether oxygens (including phenoxy) is 1. The third kappa shape index (κ3) is 8.32. The molecule has 0 saturated carbocycles. The summed E-state index contributed by atoms with van der Waals surface area (Å²) in [5.41, 5.74) is -0.0250. The molecule has 1 aliphatic rings. The molecule has 1 heterocycles. The lowest BCUT2D eigenvalue weighted by Crippen LogP contribution is -2.45. The van der Waals surface area contributed by atoms with Crippen LogP contribution in [0.2, 0.25) is 0 Å². The quantitative estimate of drug-likeness (QED) is 0.475. The number of benzene rings is 1. The summed E-state index contributed by atoms with van der Waals surface area (Å²) >= 11 is 0. The van der Waals surface area contributed by atoms with Gasteiger partial charge in [0.15, 0.2) is 0 Å². The van der Waals surface area contributed by atoms with E-state index in [0.29, 0.717) is 32.0 Å². The fourth-order valence-electron chi connectivity index (χ4n) is 3.57. The third-order valence-electron chi connectivity index (χ3n) is 5.50. The van der Waals surface area contributed by atoms with Gasteiger partial charge in [-0.25, -0.2) is 0 Å². The van der Waals surface area contributed by atoms with Gasteiger partial charge in [-0.3, -0.25) is 14.5 Å². The maximum atomic E-state index is 13.0. The summed E-state index contributed by atoms with van der Waals surface area (Å²) in [4.78, 5) is 27.8. The zero-order valence-electron chi connectivity index (χ0n) is 18.6. The van der Waals surface area contributed by atoms with Crippen LogP contribution >= 0.6 is 0 Å². The molecule has 1 aromatic carbocycles. The maximum Gasteiger partial charge on any atom is 0.306 e. The van der Waals surface area contributed by atoms with E-state index in [4.69, 9.17) is 4.74 Å². The lowest BCUT2D eigenvalue weighted by atomic mass is 9.79. The number of aromatic hydroxyl groups is 1. The van der Waals surface area contributed by atoms with Crippen molar-refractivity contribution in [3.8, 4) is 5.75 Å². The van der Waals surface area contributed by atoms with Gasteiger partial charge < -0.3 is 20.5 Å². The molecular weight excluding hydrogens is 382 g/mol. The van der Waals surface area contributed by atoms with Crippen LogP contribution in [0.4, 0.5) is 0 Å². The Kier molecular flexibility index (Phi) is 9.59. The van der Waals surface area contributed by atoms with Crippen LogP contribution in [0, 0.1) is 11.3 Å². The van der Waals surface area contributed by atoms with Crippen molar-refractivity contribution in [1.82, 2.24) is 15.5 Å². The molecule has 1 atom stereocenters. The number of carbonyl (C=O) groups excluding carboxylic acids is 2. The van der Waals surface area contributed by atoms with Crippen LogP contribution in [0.5, 0.6) is 5.75 Å². The van der Waals surface area contributed by atoms with Crippen LogP contribution in [0.1, 0.15) is 39.2 Å². The van der Waals surface area contributed by atoms with E-state index in [1.54, 1.807) is 24.3 Å². The molecule has 0 aliphatic carbocycles. The summed E-state index contributed by atoms with van der Waals surface area (Å²) in [6, 6.07) is 6.76. The number of nitrogens with one attached hydrogen (secondary N) is 2. The van der Waals surface area contributed by atoms with Gasteiger partial charge in [0.25, 0.3) is 0 Å². The lowest BCUT2D eigenvalue weighted by molar-refractivity contribution is -0.150. The fraction of sp³-hybridized carbons (Fsp3) is 0.652. The first-order valence-corrected chi connectivity index (χ1v) is 10.9. The van der Waals surface area contributed by atoms with Crippen LogP contribution in [-0.4, -0.2) is 67.8 Å². The minimum absolute atomic E-state index is 0.0168. The van der Waals surface area contributed by atoms with E-state index in [2.05, 4.69) is 29.4 Å². The molecular formula is C23H37N3O4. The van der Waals surface area contributed by atoms with E-state index in [9.17, 15) is 14.7 Å². The Morgan fingerprint density at radius 1 is 1.23 bits per heavy atom. The van der Waals surface area contributed by atoms with Crippen molar-refractivity contribution < 1.29 is 19.4 Å². The predicted octanol–water partition coefficient (Wildman–Crippen LogP) is 1.94. The van der Waals surface area contributed by atoms with E-state index in [0.717, 1.165) is 38.2 Å².